The van der Waals surface area contributed by atoms with E-state index in [4.69, 9.17) is 41.0 Å². The van der Waals surface area contributed by atoms with Crippen LogP contribution >= 0.6 is 50.3 Å². The van der Waals surface area contributed by atoms with Gasteiger partial charge in [0, 0.05) is 21.6 Å². The second-order valence-electron chi connectivity index (χ2n) is 9.98. The molecular weight excluding hydrogens is 840 g/mol. The number of nitro benzene ring substituents is 3. The maximum absolute atomic E-state index is 12.8. The Morgan fingerprint density at radius 3 is 1.29 bits per heavy atom. The Morgan fingerprint density at radius 1 is 0.627 bits per heavy atom. The first-order chi connectivity index (χ1) is 23.1. The molecule has 0 heterocycles. The highest BCUT2D eigenvalue weighted by Gasteiger charge is 2.28. The van der Waals surface area contributed by atoms with Crippen LogP contribution in [0.2, 0.25) is 5.02 Å². The van der Waals surface area contributed by atoms with Crippen LogP contribution in [0.4, 0.5) is 38.5 Å². The van der Waals surface area contributed by atoms with E-state index in [-0.39, 0.29) is 33.5 Å². The van der Waals surface area contributed by atoms with E-state index in [9.17, 15) is 48.4 Å². The number of nitrogens with one attached hydrogen (secondary N) is 3. The van der Waals surface area contributed by atoms with E-state index >= 15 is 0 Å². The standard InChI is InChI=1S/C8H10BrN2O5P.C8H10ClN2O5P.C8H10FN2O5P/c3*1-5(17(14,15)16)10-7-3-2-6(9)4-8(7)11(12)13/h3*2-5,10H,1H3,(H2,14,15,16). The molecule has 0 aliphatic carbocycles. The van der Waals surface area contributed by atoms with Crippen LogP contribution in [0.15, 0.2) is 59.1 Å². The van der Waals surface area contributed by atoms with Crippen molar-refractivity contribution in [3.05, 3.63) is 100 Å². The molecule has 3 unspecified atom stereocenters. The lowest BCUT2D eigenvalue weighted by Gasteiger charge is -2.16. The lowest BCUT2D eigenvalue weighted by atomic mass is 10.2. The van der Waals surface area contributed by atoms with Gasteiger partial charge < -0.3 is 45.3 Å². The van der Waals surface area contributed by atoms with E-state index in [1.54, 1.807) is 6.07 Å². The number of hydrogen-bond acceptors (Lipinski definition) is 12. The Labute approximate surface area is 300 Å². The molecule has 0 saturated heterocycles. The number of halogens is 3. The van der Waals surface area contributed by atoms with Gasteiger partial charge in [-0.05, 0) is 57.2 Å². The Balaban J connectivity index is 0.000000382. The Morgan fingerprint density at radius 2 is 0.941 bits per heavy atom. The van der Waals surface area contributed by atoms with Crippen LogP contribution in [-0.2, 0) is 13.7 Å². The number of benzene rings is 3. The maximum atomic E-state index is 12.8. The molecule has 21 nitrogen and oxygen atoms in total. The zero-order valence-electron chi connectivity index (χ0n) is 26.1. The minimum Gasteiger partial charge on any atom is -0.366 e. The molecule has 0 aromatic heterocycles. The third kappa shape index (κ3) is 15.3. The van der Waals surface area contributed by atoms with Crippen molar-refractivity contribution in [2.75, 3.05) is 16.0 Å². The maximum Gasteiger partial charge on any atom is 0.347 e. The second-order valence-corrected chi connectivity index (χ2v) is 17.2. The van der Waals surface area contributed by atoms with Crippen LogP contribution in [-0.4, -0.2) is 61.5 Å². The van der Waals surface area contributed by atoms with Crippen LogP contribution in [0.3, 0.4) is 0 Å². The van der Waals surface area contributed by atoms with Crippen molar-refractivity contribution < 1.29 is 62.2 Å². The predicted molar refractivity (Wildman–Crippen MR) is 187 cm³/mol. The highest BCUT2D eigenvalue weighted by atomic mass is 79.9. The largest absolute Gasteiger partial charge is 0.366 e. The summed E-state index contributed by atoms with van der Waals surface area (Å²) in [4.78, 5) is 83.2. The van der Waals surface area contributed by atoms with Gasteiger partial charge in [-0.25, -0.2) is 4.39 Å². The summed E-state index contributed by atoms with van der Waals surface area (Å²) < 4.78 is 46.0. The first kappa shape index (κ1) is 45.4. The van der Waals surface area contributed by atoms with Gasteiger partial charge in [-0.15, -0.1) is 0 Å². The van der Waals surface area contributed by atoms with Crippen molar-refractivity contribution in [1.29, 1.82) is 0 Å². The molecule has 3 aromatic carbocycles. The van der Waals surface area contributed by atoms with Crippen LogP contribution in [0.1, 0.15) is 20.8 Å². The van der Waals surface area contributed by atoms with Gasteiger partial charge in [-0.2, -0.15) is 0 Å². The van der Waals surface area contributed by atoms with Gasteiger partial charge in [0.1, 0.15) is 40.2 Å². The molecule has 0 aliphatic rings. The summed E-state index contributed by atoms with van der Waals surface area (Å²) in [6.45, 7) is 3.67. The normalized spacial score (nSPS) is 13.2. The fraction of sp³-hybridized carbons (Fsp3) is 0.250. The van der Waals surface area contributed by atoms with Crippen LogP contribution in [0.5, 0.6) is 0 Å². The van der Waals surface area contributed by atoms with Gasteiger partial charge in [0.15, 0.2) is 0 Å². The molecule has 0 fully saturated rings. The molecule has 3 aromatic rings. The Hall–Kier alpha value is -3.59. The Kier molecular flexibility index (Phi) is 16.7. The lowest BCUT2D eigenvalue weighted by Crippen LogP contribution is -2.16. The first-order valence-corrected chi connectivity index (χ1v) is 19.6. The SMILES string of the molecule is CC(Nc1ccc(Br)cc1[N+](=O)[O-])P(=O)(O)O.CC(Nc1ccc(Cl)cc1[N+](=O)[O-])P(=O)(O)O.CC(Nc1ccc(F)cc1[N+](=O)[O-])P(=O)(O)O. The molecule has 0 bridgehead atoms. The molecule has 3 atom stereocenters. The van der Waals surface area contributed by atoms with E-state index in [2.05, 4.69) is 31.9 Å². The number of nitrogens with zero attached hydrogens (tertiary/aromatic N) is 3. The zero-order valence-corrected chi connectivity index (χ0v) is 31.1. The number of rotatable bonds is 12. The van der Waals surface area contributed by atoms with Gasteiger partial charge in [0.05, 0.1) is 20.8 Å². The quantitative estimate of drug-likeness (QED) is 0.0560. The minimum absolute atomic E-state index is 0.00947. The third-order valence-corrected chi connectivity index (χ3v) is 10.2. The van der Waals surface area contributed by atoms with Crippen molar-refractivity contribution >= 4 is 84.4 Å². The summed E-state index contributed by atoms with van der Waals surface area (Å²) in [6, 6.07) is 10.7. The monoisotopic (exact) mass is 868 g/mol. The average molecular weight is 870 g/mol. The van der Waals surface area contributed by atoms with Gasteiger partial charge in [-0.3, -0.25) is 44.0 Å². The number of anilines is 3. The number of hydrogen-bond donors (Lipinski definition) is 9. The van der Waals surface area contributed by atoms with Gasteiger partial charge in [-0.1, -0.05) is 27.5 Å². The second kappa shape index (κ2) is 18.8. The minimum atomic E-state index is -4.41. The van der Waals surface area contributed by atoms with E-state index in [0.29, 0.717) is 10.5 Å². The molecular formula is C24H30BrClFN6O15P3. The molecule has 27 heteroatoms. The molecule has 0 aliphatic heterocycles. The van der Waals surface area contributed by atoms with Crippen molar-refractivity contribution in [2.24, 2.45) is 0 Å². The van der Waals surface area contributed by atoms with Crippen LogP contribution in [0, 0.1) is 36.2 Å². The molecule has 51 heavy (non-hydrogen) atoms. The molecule has 3 rings (SSSR count). The summed E-state index contributed by atoms with van der Waals surface area (Å²) in [7, 11) is -13.1. The lowest BCUT2D eigenvalue weighted by molar-refractivity contribution is -0.384. The van der Waals surface area contributed by atoms with Gasteiger partial charge in [0.2, 0.25) is 0 Å². The number of nitro groups is 3. The van der Waals surface area contributed by atoms with Crippen molar-refractivity contribution in [3.63, 3.8) is 0 Å². The van der Waals surface area contributed by atoms with Crippen molar-refractivity contribution in [3.8, 4) is 0 Å². The molecule has 9 N–H and O–H groups in total. The van der Waals surface area contributed by atoms with Gasteiger partial charge in [0.25, 0.3) is 17.1 Å². The van der Waals surface area contributed by atoms with E-state index in [1.807, 2.05) is 0 Å². The van der Waals surface area contributed by atoms with Crippen LogP contribution in [0.25, 0.3) is 0 Å². The van der Waals surface area contributed by atoms with E-state index in [0.717, 1.165) is 18.2 Å². The fourth-order valence-electron chi connectivity index (χ4n) is 3.26. The van der Waals surface area contributed by atoms with Crippen molar-refractivity contribution in [1.82, 2.24) is 0 Å². The molecule has 282 valence electrons. The highest BCUT2D eigenvalue weighted by molar-refractivity contribution is 9.10. The fourth-order valence-corrected chi connectivity index (χ4v) is 4.70. The molecule has 0 saturated carbocycles. The summed E-state index contributed by atoms with van der Waals surface area (Å²) in [6.07, 6.45) is 0. The van der Waals surface area contributed by atoms with Crippen molar-refractivity contribution in [2.45, 2.75) is 38.1 Å². The molecule has 0 radical (unpaired) electrons. The smallest absolute Gasteiger partial charge is 0.347 e. The van der Waals surface area contributed by atoms with Gasteiger partial charge >= 0.3 is 22.8 Å². The molecule has 0 amide bonds. The topological polar surface area (TPSA) is 338 Å². The summed E-state index contributed by atoms with van der Waals surface area (Å²) in [5.41, 5.74) is -1.24. The third-order valence-electron chi connectivity index (χ3n) is 6.08. The Bertz CT molecular complexity index is 1680. The average Bonchev–Trinajstić information content (AvgIpc) is 2.98. The zero-order chi connectivity index (χ0) is 39.6. The molecule has 0 spiro atoms. The summed E-state index contributed by atoms with van der Waals surface area (Å²) >= 11 is 8.69. The van der Waals surface area contributed by atoms with E-state index < -0.39 is 66.4 Å². The van der Waals surface area contributed by atoms with Crippen LogP contribution < -0.4 is 16.0 Å². The summed E-state index contributed by atoms with van der Waals surface area (Å²) in [5, 5.41) is 39.4. The first-order valence-electron chi connectivity index (χ1n) is 13.4. The van der Waals surface area contributed by atoms with E-state index in [1.165, 1.54) is 45.0 Å². The highest BCUT2D eigenvalue weighted by Crippen LogP contribution is 2.44. The summed E-state index contributed by atoms with van der Waals surface area (Å²) in [5.74, 6) is -4.51. The predicted octanol–water partition coefficient (Wildman–Crippen LogP) is 6.15.